The second-order valence-corrected chi connectivity index (χ2v) is 18.9. The Labute approximate surface area is 298 Å². The van der Waals surface area contributed by atoms with Gasteiger partial charge in [0.25, 0.3) is 0 Å². The molecule has 51 heavy (non-hydrogen) atoms. The Balaban J connectivity index is 1.46. The number of halogens is 4. The van der Waals surface area contributed by atoms with Crippen molar-refractivity contribution in [3.63, 3.8) is 0 Å². The fraction of sp³-hybridized carbons (Fsp3) is 0.0909. The maximum atomic E-state index is 17.9. The molecule has 2 heterocycles. The molecule has 0 spiro atoms. The Hall–Kier alpha value is -5.17. The van der Waals surface area contributed by atoms with E-state index in [1.165, 1.54) is 24.3 Å². The molecule has 0 unspecified atom stereocenters. The molecule has 8 rings (SSSR count). The van der Waals surface area contributed by atoms with Crippen molar-refractivity contribution in [3.8, 4) is 33.9 Å². The predicted molar refractivity (Wildman–Crippen MR) is 195 cm³/mol. The first kappa shape index (κ1) is 33.0. The molecular weight excluding hydrogens is 680 g/mol. The molecule has 0 N–H and O–H groups in total. The number of benzene rings is 4. The van der Waals surface area contributed by atoms with E-state index in [4.69, 9.17) is 0 Å². The third-order valence-corrected chi connectivity index (χ3v) is 18.1. The van der Waals surface area contributed by atoms with Crippen molar-refractivity contribution in [1.29, 1.82) is 0 Å². The van der Waals surface area contributed by atoms with E-state index in [1.54, 1.807) is 9.13 Å². The van der Waals surface area contributed by atoms with Gasteiger partial charge in [-0.15, -0.1) is 0 Å². The first-order valence-electron chi connectivity index (χ1n) is 17.0. The Morgan fingerprint density at radius 1 is 0.490 bits per heavy atom. The van der Waals surface area contributed by atoms with Crippen LogP contribution < -0.4 is 7.74 Å². The van der Waals surface area contributed by atoms with Gasteiger partial charge in [0.15, 0.2) is 0 Å². The zero-order chi connectivity index (χ0) is 35.3. The average molecular weight is 715 g/mol. The summed E-state index contributed by atoms with van der Waals surface area (Å²) >= 11 is -5.12. The van der Waals surface area contributed by atoms with Gasteiger partial charge in [0, 0.05) is 0 Å². The van der Waals surface area contributed by atoms with Gasteiger partial charge in [0.2, 0.25) is 0 Å². The van der Waals surface area contributed by atoms with Crippen LogP contribution in [0.5, 0.6) is 0 Å². The van der Waals surface area contributed by atoms with Crippen molar-refractivity contribution in [2.45, 2.75) is 26.7 Å². The Bertz CT molecular complexity index is 2260. The van der Waals surface area contributed by atoms with Crippen LogP contribution in [0.25, 0.3) is 33.9 Å². The molecule has 2 aliphatic carbocycles. The molecule has 6 aromatic rings. The number of aromatic nitrogens is 2. The summed E-state index contributed by atoms with van der Waals surface area (Å²) in [5, 5.41) is 0. The first-order chi connectivity index (χ1) is 24.8. The van der Waals surface area contributed by atoms with Gasteiger partial charge in [-0.1, -0.05) is 0 Å². The molecule has 0 fully saturated rings. The molecule has 7 heteroatoms. The summed E-state index contributed by atoms with van der Waals surface area (Å²) < 4.78 is 74.0. The number of allylic oxidation sites excluding steroid dienone is 8. The topological polar surface area (TPSA) is 9.86 Å². The second-order valence-electron chi connectivity index (χ2n) is 13.0. The van der Waals surface area contributed by atoms with Crippen LogP contribution in [0, 0.1) is 37.1 Å². The van der Waals surface area contributed by atoms with Crippen LogP contribution in [0.1, 0.15) is 24.2 Å². The normalized spacial score (nSPS) is 14.0. The van der Waals surface area contributed by atoms with Gasteiger partial charge in [-0.2, -0.15) is 0 Å². The van der Waals surface area contributed by atoms with Crippen molar-refractivity contribution >= 4 is 7.74 Å². The predicted octanol–water partition coefficient (Wildman–Crippen LogP) is 10.6. The molecule has 0 amide bonds. The van der Waals surface area contributed by atoms with E-state index < -0.39 is 39.9 Å². The number of aryl methyl sites for hydroxylation is 2. The molecule has 2 aliphatic rings. The van der Waals surface area contributed by atoms with Gasteiger partial charge in [-0.3, -0.25) is 0 Å². The van der Waals surface area contributed by atoms with Gasteiger partial charge in [-0.05, 0) is 0 Å². The van der Waals surface area contributed by atoms with Crippen LogP contribution in [-0.4, -0.2) is 9.13 Å². The fourth-order valence-electron chi connectivity index (χ4n) is 7.93. The summed E-state index contributed by atoms with van der Waals surface area (Å²) in [4.78, 5) is 0. The van der Waals surface area contributed by atoms with Crippen molar-refractivity contribution in [2.24, 2.45) is 0 Å². The molecule has 0 saturated heterocycles. The summed E-state index contributed by atoms with van der Waals surface area (Å²) in [5.74, 6) is -3.24. The molecule has 0 saturated carbocycles. The van der Waals surface area contributed by atoms with Gasteiger partial charge in [0.05, 0.1) is 0 Å². The van der Waals surface area contributed by atoms with Crippen LogP contribution in [-0.2, 0) is 16.6 Å². The molecule has 0 aliphatic heterocycles. The van der Waals surface area contributed by atoms with E-state index in [2.05, 4.69) is 0 Å². The molecular formula is C44H34F4N2Ti. The monoisotopic (exact) mass is 714 g/mol. The van der Waals surface area contributed by atoms with E-state index in [0.29, 0.717) is 20.6 Å². The van der Waals surface area contributed by atoms with E-state index in [-0.39, 0.29) is 19.1 Å². The van der Waals surface area contributed by atoms with Gasteiger partial charge >= 0.3 is 300 Å². The molecule has 0 radical (unpaired) electrons. The molecule has 252 valence electrons. The molecule has 4 aromatic carbocycles. The van der Waals surface area contributed by atoms with Crippen LogP contribution in [0.2, 0.25) is 0 Å². The number of nitrogens with zero attached hydrogens (tertiary/aromatic N) is 2. The quantitative estimate of drug-likeness (QED) is 0.110. The summed E-state index contributed by atoms with van der Waals surface area (Å²) in [6, 6.07) is 32.1. The van der Waals surface area contributed by atoms with Gasteiger partial charge in [0.1, 0.15) is 0 Å². The summed E-state index contributed by atoms with van der Waals surface area (Å²) in [6.45, 7) is 3.73. The van der Waals surface area contributed by atoms with Crippen molar-refractivity contribution in [1.82, 2.24) is 9.13 Å². The summed E-state index contributed by atoms with van der Waals surface area (Å²) in [6.07, 6.45) is 11.7. The van der Waals surface area contributed by atoms with Gasteiger partial charge < -0.3 is 0 Å². The van der Waals surface area contributed by atoms with Gasteiger partial charge in [-0.25, -0.2) is 0 Å². The Kier molecular flexibility index (Phi) is 8.53. The molecule has 2 aromatic heterocycles. The molecule has 2 nitrogen and oxygen atoms in total. The minimum atomic E-state index is -5.12. The Morgan fingerprint density at radius 3 is 1.27 bits per heavy atom. The number of hydrogen-bond acceptors (Lipinski definition) is 0. The number of hydrogen-bond donors (Lipinski definition) is 0. The SMILES string of the molecule is Cc1ccc(-c2ccccc2)n1-c1ccc(F)[c]([Ti]([C]2=CC=CC2)([C]2=CC=CC2)[c]2c(F)ccc(-n3c(C)ccc3-c3ccccc3)c2F)c1F. The zero-order valence-corrected chi connectivity index (χ0v) is 29.7. The van der Waals surface area contributed by atoms with E-state index >= 15 is 17.6 Å². The third kappa shape index (κ3) is 5.28. The minimum absolute atomic E-state index is 0.130. The first-order valence-corrected chi connectivity index (χ1v) is 20.1. The average Bonchev–Trinajstić information content (AvgIpc) is 3.98. The van der Waals surface area contributed by atoms with E-state index in [0.717, 1.165) is 33.9 Å². The molecule has 0 bridgehead atoms. The van der Waals surface area contributed by atoms with Crippen LogP contribution in [0.15, 0.2) is 153 Å². The Morgan fingerprint density at radius 2 is 0.902 bits per heavy atom. The summed E-state index contributed by atoms with van der Waals surface area (Å²) in [5.41, 5.74) is 4.90. The van der Waals surface area contributed by atoms with E-state index in [1.807, 2.05) is 135 Å². The van der Waals surface area contributed by atoms with Crippen molar-refractivity contribution in [2.75, 3.05) is 0 Å². The van der Waals surface area contributed by atoms with E-state index in [9.17, 15) is 0 Å². The van der Waals surface area contributed by atoms with Crippen LogP contribution in [0.4, 0.5) is 17.6 Å². The van der Waals surface area contributed by atoms with Crippen molar-refractivity contribution in [3.05, 3.63) is 188 Å². The fourth-order valence-corrected chi connectivity index (χ4v) is 16.2. The van der Waals surface area contributed by atoms with Crippen LogP contribution >= 0.6 is 0 Å². The second kappa shape index (κ2) is 13.2. The number of rotatable bonds is 8. The standard InChI is InChI=1S/2C17H12F2N.2C5H5.Ti/c2*1-12-7-9-16(13-5-3-2-4-6-13)20(12)17-10-8-14(18)11-15(17)19;2*1-2-4-5-3-1;/h2*2-10H,1H3;2*1-3H,4H2;. The maximum absolute atomic E-state index is 17.9. The summed E-state index contributed by atoms with van der Waals surface area (Å²) in [7, 11) is 0. The van der Waals surface area contributed by atoms with Crippen molar-refractivity contribution < 1.29 is 34.2 Å². The van der Waals surface area contributed by atoms with Crippen LogP contribution in [0.3, 0.4) is 0 Å². The third-order valence-electron chi connectivity index (χ3n) is 10.2. The molecule has 0 atom stereocenters. The zero-order valence-electron chi connectivity index (χ0n) is 28.2.